The summed E-state index contributed by atoms with van der Waals surface area (Å²) < 4.78 is 22.6. The van der Waals surface area contributed by atoms with Crippen LogP contribution in [0.5, 0.6) is 0 Å². The molecule has 0 bridgehead atoms. The molecule has 0 saturated carbocycles. The fourth-order valence-electron chi connectivity index (χ4n) is 4.20. The van der Waals surface area contributed by atoms with Crippen LogP contribution >= 0.6 is 11.6 Å². The number of aromatic amines is 1. The molecule has 1 atom stereocenters. The van der Waals surface area contributed by atoms with Gasteiger partial charge < -0.3 is 19.2 Å². The van der Waals surface area contributed by atoms with Gasteiger partial charge in [-0.05, 0) is 36.2 Å². The number of nitrogens with zero attached hydrogens (tertiary/aromatic N) is 3. The molecular formula is C24H22ClFN4O2. The number of pyridine rings is 2. The number of rotatable bonds is 4. The topological polar surface area (TPSA) is 63.1 Å². The van der Waals surface area contributed by atoms with Gasteiger partial charge in [-0.15, -0.1) is 0 Å². The maximum atomic E-state index is 15.6. The maximum Gasteiger partial charge on any atom is 0.251 e. The van der Waals surface area contributed by atoms with E-state index < -0.39 is 0 Å². The summed E-state index contributed by atoms with van der Waals surface area (Å²) in [6.07, 6.45) is 4.98. The summed E-state index contributed by atoms with van der Waals surface area (Å²) in [5.41, 5.74) is 2.90. The highest BCUT2D eigenvalue weighted by molar-refractivity contribution is 6.30. The van der Waals surface area contributed by atoms with Crippen LogP contribution in [0.15, 0.2) is 59.8 Å². The van der Waals surface area contributed by atoms with E-state index in [2.05, 4.69) is 9.97 Å². The second kappa shape index (κ2) is 8.41. The molecule has 1 N–H and O–H groups in total. The number of ether oxygens (including phenoxy) is 1. The number of morpholine rings is 1. The number of halogens is 2. The summed E-state index contributed by atoms with van der Waals surface area (Å²) in [4.78, 5) is 22.3. The number of fused-ring (bicyclic) bond motifs is 1. The van der Waals surface area contributed by atoms with E-state index in [1.54, 1.807) is 29.2 Å². The van der Waals surface area contributed by atoms with Gasteiger partial charge in [0.2, 0.25) is 0 Å². The van der Waals surface area contributed by atoms with Crippen molar-refractivity contribution in [3.63, 3.8) is 0 Å². The fraction of sp³-hybridized carbons (Fsp3) is 0.250. The van der Waals surface area contributed by atoms with Crippen LogP contribution in [0, 0.1) is 5.82 Å². The zero-order chi connectivity index (χ0) is 22.2. The van der Waals surface area contributed by atoms with Gasteiger partial charge in [0.15, 0.2) is 5.82 Å². The zero-order valence-corrected chi connectivity index (χ0v) is 18.3. The van der Waals surface area contributed by atoms with Crippen molar-refractivity contribution in [1.82, 2.24) is 14.5 Å². The summed E-state index contributed by atoms with van der Waals surface area (Å²) in [6, 6.07) is 10.6. The lowest BCUT2D eigenvalue weighted by atomic mass is 10.0. The molecule has 4 heterocycles. The van der Waals surface area contributed by atoms with Crippen LogP contribution in [0.25, 0.3) is 22.2 Å². The second-order valence-electron chi connectivity index (χ2n) is 7.87. The van der Waals surface area contributed by atoms with E-state index in [1.807, 2.05) is 36.1 Å². The van der Waals surface area contributed by atoms with Gasteiger partial charge in [-0.1, -0.05) is 23.7 Å². The average molecular weight is 453 g/mol. The monoisotopic (exact) mass is 452 g/mol. The number of benzene rings is 1. The Bertz CT molecular complexity index is 1340. The van der Waals surface area contributed by atoms with Crippen molar-refractivity contribution < 1.29 is 9.13 Å². The van der Waals surface area contributed by atoms with Gasteiger partial charge in [0, 0.05) is 42.1 Å². The predicted molar refractivity (Wildman–Crippen MR) is 124 cm³/mol. The molecule has 8 heteroatoms. The Kier molecular flexibility index (Phi) is 5.45. The highest BCUT2D eigenvalue weighted by Gasteiger charge is 2.21. The molecule has 1 aromatic carbocycles. The van der Waals surface area contributed by atoms with Gasteiger partial charge in [0.1, 0.15) is 5.65 Å². The Morgan fingerprint density at radius 3 is 2.78 bits per heavy atom. The first-order valence-corrected chi connectivity index (χ1v) is 10.9. The first kappa shape index (κ1) is 20.7. The molecule has 1 aliphatic heterocycles. The molecule has 0 aliphatic carbocycles. The summed E-state index contributed by atoms with van der Waals surface area (Å²) in [5.74, 6) is -0.343. The molecule has 1 aliphatic rings. The minimum atomic E-state index is -0.343. The van der Waals surface area contributed by atoms with Crippen molar-refractivity contribution in [2.75, 3.05) is 31.2 Å². The van der Waals surface area contributed by atoms with E-state index in [-0.39, 0.29) is 17.4 Å². The van der Waals surface area contributed by atoms with E-state index in [1.165, 1.54) is 6.07 Å². The minimum absolute atomic E-state index is 0.179. The largest absolute Gasteiger partial charge is 0.378 e. The lowest BCUT2D eigenvalue weighted by molar-refractivity contribution is 0.122. The molecule has 0 amide bonds. The molecule has 3 aromatic heterocycles. The first-order valence-electron chi connectivity index (χ1n) is 10.5. The Morgan fingerprint density at radius 2 is 2.03 bits per heavy atom. The number of hydrogen-bond acceptors (Lipinski definition) is 4. The number of H-pyrrole nitrogens is 1. The normalized spacial score (nSPS) is 15.3. The molecule has 5 rings (SSSR count). The van der Waals surface area contributed by atoms with E-state index >= 15 is 4.39 Å². The Balaban J connectivity index is 1.54. The van der Waals surface area contributed by atoms with Gasteiger partial charge in [-0.2, -0.15) is 0 Å². The van der Waals surface area contributed by atoms with Crippen LogP contribution in [-0.2, 0) is 4.74 Å². The fourth-order valence-corrected chi connectivity index (χ4v) is 4.40. The highest BCUT2D eigenvalue weighted by atomic mass is 35.5. The quantitative estimate of drug-likeness (QED) is 0.490. The predicted octanol–water partition coefficient (Wildman–Crippen LogP) is 4.63. The highest BCUT2D eigenvalue weighted by Crippen LogP contribution is 2.34. The minimum Gasteiger partial charge on any atom is -0.378 e. The lowest BCUT2D eigenvalue weighted by Crippen LogP contribution is -2.36. The zero-order valence-electron chi connectivity index (χ0n) is 17.5. The SMILES string of the molecule is CC(c1cccc(Cl)c1)n1ccc(-c2c[nH]c3ncc(N4CCOCC4)c(F)c23)cc1=O. The summed E-state index contributed by atoms with van der Waals surface area (Å²) in [5, 5.41) is 1.01. The Labute approximate surface area is 189 Å². The third-order valence-electron chi connectivity index (χ3n) is 5.98. The van der Waals surface area contributed by atoms with Gasteiger partial charge in [0.05, 0.1) is 36.5 Å². The van der Waals surface area contributed by atoms with Gasteiger partial charge >= 0.3 is 0 Å². The summed E-state index contributed by atoms with van der Waals surface area (Å²) >= 11 is 6.11. The maximum absolute atomic E-state index is 15.6. The van der Waals surface area contributed by atoms with Gasteiger partial charge in [-0.25, -0.2) is 9.37 Å². The van der Waals surface area contributed by atoms with Crippen LogP contribution in [0.4, 0.5) is 10.1 Å². The Hall–Kier alpha value is -3.16. The van der Waals surface area contributed by atoms with Crippen LogP contribution in [0.1, 0.15) is 18.5 Å². The number of anilines is 1. The van der Waals surface area contributed by atoms with Crippen molar-refractivity contribution in [3.05, 3.63) is 81.7 Å². The van der Waals surface area contributed by atoms with E-state index in [9.17, 15) is 4.79 Å². The molecule has 164 valence electrons. The summed E-state index contributed by atoms with van der Waals surface area (Å²) in [6.45, 7) is 4.28. The van der Waals surface area contributed by atoms with E-state index in [0.717, 1.165) is 5.56 Å². The number of aromatic nitrogens is 3. The van der Waals surface area contributed by atoms with Crippen molar-refractivity contribution in [1.29, 1.82) is 0 Å². The average Bonchev–Trinajstić information content (AvgIpc) is 3.24. The molecule has 1 unspecified atom stereocenters. The van der Waals surface area contributed by atoms with Crippen LogP contribution in [0.2, 0.25) is 5.02 Å². The van der Waals surface area contributed by atoms with Crippen LogP contribution in [-0.4, -0.2) is 40.8 Å². The molecule has 6 nitrogen and oxygen atoms in total. The lowest BCUT2D eigenvalue weighted by Gasteiger charge is -2.28. The number of nitrogens with one attached hydrogen (secondary N) is 1. The van der Waals surface area contributed by atoms with E-state index in [0.29, 0.717) is 59.2 Å². The van der Waals surface area contributed by atoms with Gasteiger partial charge in [-0.3, -0.25) is 4.79 Å². The van der Waals surface area contributed by atoms with Crippen molar-refractivity contribution in [3.8, 4) is 11.1 Å². The van der Waals surface area contributed by atoms with Crippen molar-refractivity contribution >= 4 is 28.3 Å². The standard InChI is InChI=1S/C24H22ClFN4O2/c1-15(16-3-2-4-18(25)11-16)30-6-5-17(12-21(30)31)19-13-27-24-22(19)23(26)20(14-28-24)29-7-9-32-10-8-29/h2-6,11-15H,7-10H2,1H3,(H,27,28). The molecule has 1 saturated heterocycles. The van der Waals surface area contributed by atoms with Crippen LogP contribution in [0.3, 0.4) is 0 Å². The molecule has 1 fully saturated rings. The molecular weight excluding hydrogens is 431 g/mol. The second-order valence-corrected chi connectivity index (χ2v) is 8.31. The first-order chi connectivity index (χ1) is 15.5. The third kappa shape index (κ3) is 3.67. The Morgan fingerprint density at radius 1 is 1.22 bits per heavy atom. The van der Waals surface area contributed by atoms with Crippen LogP contribution < -0.4 is 10.5 Å². The van der Waals surface area contributed by atoms with Crippen molar-refractivity contribution in [2.24, 2.45) is 0 Å². The summed E-state index contributed by atoms with van der Waals surface area (Å²) in [7, 11) is 0. The molecule has 32 heavy (non-hydrogen) atoms. The molecule has 4 aromatic rings. The number of hydrogen-bond donors (Lipinski definition) is 1. The third-order valence-corrected chi connectivity index (χ3v) is 6.21. The van der Waals surface area contributed by atoms with Gasteiger partial charge in [0.25, 0.3) is 5.56 Å². The van der Waals surface area contributed by atoms with E-state index in [4.69, 9.17) is 16.3 Å². The van der Waals surface area contributed by atoms with Crippen molar-refractivity contribution in [2.45, 2.75) is 13.0 Å². The molecule has 0 radical (unpaired) electrons. The molecule has 0 spiro atoms. The smallest absolute Gasteiger partial charge is 0.251 e.